The van der Waals surface area contributed by atoms with E-state index in [0.29, 0.717) is 23.7 Å². The molecule has 8 bridgehead atoms. The van der Waals surface area contributed by atoms with Crippen LogP contribution in [0.15, 0.2) is 0 Å². The number of fused-ring (bicyclic) bond motifs is 9. The normalized spacial score (nSPS) is 48.1. The minimum Gasteiger partial charge on any atom is -0.469 e. The van der Waals surface area contributed by atoms with Crippen LogP contribution in [0.5, 0.6) is 0 Å². The van der Waals surface area contributed by atoms with Crippen molar-refractivity contribution in [1.29, 1.82) is 0 Å². The Labute approximate surface area is 225 Å². The molecule has 0 spiro atoms. The van der Waals surface area contributed by atoms with Crippen molar-refractivity contribution in [1.82, 2.24) is 0 Å². The maximum absolute atomic E-state index is 13.7. The second-order valence-electron chi connectivity index (χ2n) is 15.5. The molecule has 37 heavy (non-hydrogen) atoms. The molecule has 0 radical (unpaired) electrons. The van der Waals surface area contributed by atoms with Crippen LogP contribution in [0.3, 0.4) is 0 Å². The number of ether oxygens (including phenoxy) is 2. The minimum atomic E-state index is -0.311. The van der Waals surface area contributed by atoms with E-state index < -0.39 is 0 Å². The van der Waals surface area contributed by atoms with Gasteiger partial charge in [-0.2, -0.15) is 0 Å². The van der Waals surface area contributed by atoms with Crippen LogP contribution in [-0.2, 0) is 19.1 Å². The topological polar surface area (TPSA) is 52.6 Å². The van der Waals surface area contributed by atoms with E-state index in [4.69, 9.17) is 4.74 Å². The lowest BCUT2D eigenvalue weighted by Crippen LogP contribution is -2.62. The number of hydrogen-bond acceptors (Lipinski definition) is 4. The number of esters is 2. The molecule has 4 heteroatoms. The van der Waals surface area contributed by atoms with E-state index in [1.165, 1.54) is 71.3 Å². The van der Waals surface area contributed by atoms with Gasteiger partial charge in [0.05, 0.1) is 18.4 Å². The Bertz CT molecular complexity index is 876. The number of hydrogen-bond donors (Lipinski definition) is 0. The highest BCUT2D eigenvalue weighted by molar-refractivity contribution is 5.75. The van der Waals surface area contributed by atoms with Gasteiger partial charge in [0.15, 0.2) is 0 Å². The lowest BCUT2D eigenvalue weighted by Gasteiger charge is -2.62. The molecule has 0 aromatic rings. The van der Waals surface area contributed by atoms with E-state index >= 15 is 0 Å². The Morgan fingerprint density at radius 2 is 1.43 bits per heavy atom. The summed E-state index contributed by atoms with van der Waals surface area (Å²) in [5, 5.41) is 0. The van der Waals surface area contributed by atoms with E-state index in [2.05, 4.69) is 18.6 Å². The predicted octanol–water partition coefficient (Wildman–Crippen LogP) is 7.29. The van der Waals surface area contributed by atoms with E-state index in [1.54, 1.807) is 0 Å². The largest absolute Gasteiger partial charge is 0.469 e. The van der Waals surface area contributed by atoms with Crippen molar-refractivity contribution in [3.8, 4) is 0 Å². The average molecular weight is 513 g/mol. The highest BCUT2D eigenvalue weighted by Crippen LogP contribution is 2.69. The van der Waals surface area contributed by atoms with Crippen LogP contribution in [0.25, 0.3) is 0 Å². The molecule has 0 amide bonds. The van der Waals surface area contributed by atoms with E-state index in [0.717, 1.165) is 47.8 Å². The first-order valence-corrected chi connectivity index (χ1v) is 15.9. The second-order valence-corrected chi connectivity index (χ2v) is 15.5. The SMILES string of the molecule is CC(C)C1(OC(=O)C2CC3CC2C2C4CCC(C4)C32)C2CC3CC(C2)CC1C3.CCC(C)(C)C(=O)OC. The zero-order valence-corrected chi connectivity index (χ0v) is 24.3. The van der Waals surface area contributed by atoms with Crippen LogP contribution in [0.2, 0.25) is 0 Å². The summed E-state index contributed by atoms with van der Waals surface area (Å²) in [6.45, 7) is 10.4. The van der Waals surface area contributed by atoms with Crippen LogP contribution in [0, 0.1) is 76.4 Å². The van der Waals surface area contributed by atoms with E-state index in [1.807, 2.05) is 20.8 Å². The minimum absolute atomic E-state index is 0.125. The van der Waals surface area contributed by atoms with Gasteiger partial charge in [-0.25, -0.2) is 0 Å². The Kier molecular flexibility index (Phi) is 6.55. The molecule has 0 N–H and O–H groups in total. The molecular weight excluding hydrogens is 460 g/mol. The third-order valence-corrected chi connectivity index (χ3v) is 13.3. The molecule has 7 atom stereocenters. The highest BCUT2D eigenvalue weighted by Gasteiger charge is 2.65. The molecule has 0 saturated heterocycles. The molecular formula is C33H52O4. The first kappa shape index (κ1) is 26.2. The third kappa shape index (κ3) is 3.95. The van der Waals surface area contributed by atoms with Crippen molar-refractivity contribution >= 4 is 11.9 Å². The first-order chi connectivity index (χ1) is 17.6. The molecule has 208 valence electrons. The zero-order valence-electron chi connectivity index (χ0n) is 24.3. The molecule has 0 aromatic carbocycles. The molecule has 7 unspecified atom stereocenters. The maximum Gasteiger partial charge on any atom is 0.311 e. The summed E-state index contributed by atoms with van der Waals surface area (Å²) < 4.78 is 11.4. The molecule has 8 saturated carbocycles. The third-order valence-electron chi connectivity index (χ3n) is 13.3. The van der Waals surface area contributed by atoms with Crippen LogP contribution < -0.4 is 0 Å². The Morgan fingerprint density at radius 3 is 1.95 bits per heavy atom. The van der Waals surface area contributed by atoms with Crippen LogP contribution in [0.1, 0.15) is 105 Å². The van der Waals surface area contributed by atoms with Crippen molar-refractivity contribution in [2.45, 2.75) is 111 Å². The van der Waals surface area contributed by atoms with Crippen LogP contribution in [-0.4, -0.2) is 24.6 Å². The summed E-state index contributed by atoms with van der Waals surface area (Å²) in [6, 6.07) is 0. The average Bonchev–Trinajstić information content (AvgIpc) is 3.65. The van der Waals surface area contributed by atoms with Gasteiger partial charge in [-0.3, -0.25) is 9.59 Å². The summed E-state index contributed by atoms with van der Waals surface area (Å²) >= 11 is 0. The molecule has 8 fully saturated rings. The van der Waals surface area contributed by atoms with Crippen molar-refractivity contribution in [2.24, 2.45) is 76.4 Å². The zero-order chi connectivity index (χ0) is 26.3. The fraction of sp³-hybridized carbons (Fsp3) is 0.939. The summed E-state index contributed by atoms with van der Waals surface area (Å²) in [7, 11) is 1.42. The molecule has 4 nitrogen and oxygen atoms in total. The van der Waals surface area contributed by atoms with Crippen molar-refractivity contribution < 1.29 is 19.1 Å². The Morgan fingerprint density at radius 1 is 0.838 bits per heavy atom. The lowest BCUT2D eigenvalue weighted by molar-refractivity contribution is -0.230. The smallest absolute Gasteiger partial charge is 0.311 e. The van der Waals surface area contributed by atoms with Gasteiger partial charge in [0.2, 0.25) is 0 Å². The summed E-state index contributed by atoms with van der Waals surface area (Å²) in [4.78, 5) is 24.6. The van der Waals surface area contributed by atoms with Crippen LogP contribution in [0.4, 0.5) is 0 Å². The number of carbonyl (C=O) groups is 2. The van der Waals surface area contributed by atoms with Gasteiger partial charge in [-0.15, -0.1) is 0 Å². The summed E-state index contributed by atoms with van der Waals surface area (Å²) in [5.74, 6) is 9.42. The Hall–Kier alpha value is -1.06. The monoisotopic (exact) mass is 512 g/mol. The quantitative estimate of drug-likeness (QED) is 0.287. The van der Waals surface area contributed by atoms with Gasteiger partial charge in [-0.1, -0.05) is 20.8 Å². The number of carbonyl (C=O) groups excluding carboxylic acids is 2. The molecule has 8 aliphatic carbocycles. The first-order valence-electron chi connectivity index (χ1n) is 15.9. The van der Waals surface area contributed by atoms with E-state index in [9.17, 15) is 9.59 Å². The fourth-order valence-corrected chi connectivity index (χ4v) is 11.7. The standard InChI is InChI=1S/C26H38O2.C7H14O2/c1-13(2)26(19-6-14-5-15(8-19)9-20(26)7-14)28-25(27)22-12-18-11-21(22)24-17-4-3-16(10-17)23(18)24;1-5-7(2,3)6(8)9-4/h13-24H,3-12H2,1-2H3;5H2,1-4H3. The highest BCUT2D eigenvalue weighted by atomic mass is 16.6. The molecule has 0 heterocycles. The molecule has 0 aliphatic heterocycles. The fourth-order valence-electron chi connectivity index (χ4n) is 11.7. The summed E-state index contributed by atoms with van der Waals surface area (Å²) in [6.07, 6.45) is 14.6. The molecule has 8 aliphatic rings. The number of rotatable bonds is 5. The van der Waals surface area contributed by atoms with Gasteiger partial charge >= 0.3 is 11.9 Å². The maximum atomic E-state index is 13.7. The van der Waals surface area contributed by atoms with Gasteiger partial charge in [0, 0.05) is 0 Å². The predicted molar refractivity (Wildman–Crippen MR) is 144 cm³/mol. The van der Waals surface area contributed by atoms with Crippen molar-refractivity contribution in [2.75, 3.05) is 7.11 Å². The van der Waals surface area contributed by atoms with Crippen molar-refractivity contribution in [3.63, 3.8) is 0 Å². The second kappa shape index (κ2) is 9.26. The summed E-state index contributed by atoms with van der Waals surface area (Å²) in [5.41, 5.74) is -0.435. The van der Waals surface area contributed by atoms with Crippen LogP contribution >= 0.6 is 0 Å². The van der Waals surface area contributed by atoms with E-state index in [-0.39, 0.29) is 28.9 Å². The lowest BCUT2D eigenvalue weighted by atomic mass is 9.47. The van der Waals surface area contributed by atoms with Gasteiger partial charge in [-0.05, 0) is 150 Å². The molecule has 8 rings (SSSR count). The van der Waals surface area contributed by atoms with Gasteiger partial charge in [0.25, 0.3) is 0 Å². The number of methoxy groups -OCH3 is 1. The van der Waals surface area contributed by atoms with Gasteiger partial charge in [0.1, 0.15) is 5.60 Å². The Balaban J connectivity index is 0.000000244. The van der Waals surface area contributed by atoms with Gasteiger partial charge < -0.3 is 9.47 Å². The molecule has 0 aromatic heterocycles. The van der Waals surface area contributed by atoms with Crippen molar-refractivity contribution in [3.05, 3.63) is 0 Å².